The maximum atomic E-state index is 14.0. The van der Waals surface area contributed by atoms with Gasteiger partial charge in [-0.3, -0.25) is 20.9 Å². The summed E-state index contributed by atoms with van der Waals surface area (Å²) >= 11 is 37.0. The minimum atomic E-state index is -0.678. The van der Waals surface area contributed by atoms with E-state index < -0.39 is 35.8 Å². The van der Waals surface area contributed by atoms with E-state index in [1.165, 1.54) is 49.2 Å². The smallest absolute Gasteiger partial charge is 0.321 e. The molecule has 1 aliphatic carbocycles. The highest BCUT2D eigenvalue weighted by atomic mass is 35.5. The van der Waals surface area contributed by atoms with Crippen molar-refractivity contribution in [3.05, 3.63) is 221 Å². The lowest BCUT2D eigenvalue weighted by atomic mass is 10.0. The number of piperidine rings is 1. The molecule has 3 unspecified atom stereocenters. The van der Waals surface area contributed by atoms with E-state index in [9.17, 15) is 27.6 Å². The number of carbonyl (C=O) groups is 3. The van der Waals surface area contributed by atoms with Crippen molar-refractivity contribution in [1.29, 1.82) is 0 Å². The number of nitrogens with zero attached hydrogens (tertiary/aromatic N) is 5. The summed E-state index contributed by atoms with van der Waals surface area (Å²) in [5.41, 5.74) is 28.8. The largest absolute Gasteiger partial charge is 0.482 e. The second-order valence-corrected chi connectivity index (χ2v) is 27.6. The number of urea groups is 1. The highest BCUT2D eigenvalue weighted by Crippen LogP contribution is 2.41. The number of amides is 4. The van der Waals surface area contributed by atoms with Crippen LogP contribution in [-0.2, 0) is 22.7 Å². The van der Waals surface area contributed by atoms with Crippen LogP contribution in [0.25, 0.3) is 33.4 Å². The van der Waals surface area contributed by atoms with Gasteiger partial charge in [-0.1, -0.05) is 132 Å². The molecule has 2 fully saturated rings. The number of pyridine rings is 3. The first-order chi connectivity index (χ1) is 50.8. The Morgan fingerprint density at radius 1 is 0.528 bits per heavy atom. The molecule has 11 rings (SSSR count). The minimum absolute atomic E-state index is 0.0146. The van der Waals surface area contributed by atoms with Crippen LogP contribution in [0.5, 0.6) is 17.2 Å². The number of likely N-dealkylation sites (tertiary alicyclic amines) is 1. The molecule has 1 aliphatic heterocycles. The molecule has 0 bridgehead atoms. The predicted octanol–water partition coefficient (Wildman–Crippen LogP) is 16.9. The Morgan fingerprint density at radius 3 is 1.32 bits per heavy atom. The van der Waals surface area contributed by atoms with Gasteiger partial charge in [0.15, 0.2) is 34.7 Å². The first-order valence-corrected chi connectivity index (χ1v) is 36.5. The van der Waals surface area contributed by atoms with Crippen LogP contribution < -0.4 is 63.9 Å². The summed E-state index contributed by atoms with van der Waals surface area (Å²) in [5, 5.41) is 13.0. The molecule has 13 N–H and O–H groups in total. The number of halogens is 9. The number of hydrogen-bond acceptors (Lipinski definition) is 16. The number of anilines is 4. The van der Waals surface area contributed by atoms with Crippen molar-refractivity contribution < 1.29 is 41.8 Å². The lowest BCUT2D eigenvalue weighted by molar-refractivity contribution is -0.122. The number of ether oxygens (including phenoxy) is 3. The highest BCUT2D eigenvalue weighted by molar-refractivity contribution is 6.37. The summed E-state index contributed by atoms with van der Waals surface area (Å²) in [6.07, 6.45) is 7.86. The van der Waals surface area contributed by atoms with E-state index in [0.29, 0.717) is 81.3 Å². The first kappa shape index (κ1) is 81.2. The normalized spacial score (nSPS) is 13.6. The van der Waals surface area contributed by atoms with Gasteiger partial charge < -0.3 is 62.5 Å². The van der Waals surface area contributed by atoms with Gasteiger partial charge >= 0.3 is 6.03 Å². The third-order valence-corrected chi connectivity index (χ3v) is 19.8. The van der Waals surface area contributed by atoms with Crippen LogP contribution in [0.15, 0.2) is 146 Å². The van der Waals surface area contributed by atoms with Gasteiger partial charge in [0.1, 0.15) is 35.8 Å². The van der Waals surface area contributed by atoms with E-state index in [0.717, 1.165) is 90.1 Å². The number of rotatable bonds is 26. The molecule has 1 saturated heterocycles. The number of nitrogens with one attached hydrogen (secondary N) is 5. The van der Waals surface area contributed by atoms with Crippen LogP contribution in [0.1, 0.15) is 113 Å². The van der Waals surface area contributed by atoms with E-state index in [1.54, 1.807) is 57.6 Å². The van der Waals surface area contributed by atoms with Crippen LogP contribution in [0.4, 0.5) is 41.1 Å². The topological polar surface area (TPSA) is 288 Å². The highest BCUT2D eigenvalue weighted by Gasteiger charge is 2.30. The van der Waals surface area contributed by atoms with Crippen molar-refractivity contribution >= 4 is 111 Å². The molecular weight excluding hydrogens is 1490 g/mol. The number of nitrogens with two attached hydrogens (primary N) is 4. The molecule has 0 radical (unpaired) electrons. The molecule has 9 aromatic rings. The molecule has 106 heavy (non-hydrogen) atoms. The zero-order chi connectivity index (χ0) is 76.3. The van der Waals surface area contributed by atoms with Gasteiger partial charge in [0, 0.05) is 124 Å². The van der Waals surface area contributed by atoms with Gasteiger partial charge in [-0.15, -0.1) is 0 Å². The maximum Gasteiger partial charge on any atom is 0.321 e. The van der Waals surface area contributed by atoms with Crippen LogP contribution in [0.3, 0.4) is 0 Å². The summed E-state index contributed by atoms with van der Waals surface area (Å²) in [6.45, 7) is 14.2. The standard InChI is InChI=1S/C28H30Cl2FN5O2.C27H31Cl2FN4O2.C22H22Cl2FN5O2/c1-16(25-22(29)8-9-23(31)26(25)30)38-24-14-18(15-33-27(24)32)17-2-4-20(5-3-17)35-28(37)36-12-10-21(11-13-36)34-19-6-7-19;1-4-34(5-2)12-11-24(35)32-15-18-7-6-8-19(13-18)20-14-23(27(31)33-16-20)36-17(3)25-21(28)9-10-22(30)26(25)29;1-12(20-16(23)5-6-17(25)21(20)24)32-18-8-15(10-29-22(18)26)14-4-2-3-13(7-14)9-28-19(31)11-30-27/h2-5,8-9,14-16,19,21,34H,6-7,10-13H2,1H3,(H2,32,33)(H,35,37);6-10,13-14,16-17H,4-5,11-12,15H2,1-3H3,(H2,31,33)(H,32,35);2-8,10,12,30H,9,11,27H2,1H3,(H2,26,29)(H,28,31). The molecular formula is C77H83Cl6F3N14O6. The monoisotopic (exact) mass is 1570 g/mol. The van der Waals surface area contributed by atoms with E-state index in [-0.39, 0.29) is 61.9 Å². The summed E-state index contributed by atoms with van der Waals surface area (Å²) in [4.78, 5) is 53.4. The molecule has 3 aromatic heterocycles. The van der Waals surface area contributed by atoms with E-state index >= 15 is 0 Å². The van der Waals surface area contributed by atoms with Crippen LogP contribution in [0, 0.1) is 17.5 Å². The van der Waals surface area contributed by atoms with Gasteiger partial charge in [0.2, 0.25) is 11.8 Å². The fourth-order valence-corrected chi connectivity index (χ4v) is 13.6. The Bertz CT molecular complexity index is 4540. The summed E-state index contributed by atoms with van der Waals surface area (Å²) in [5.74, 6) is 4.69. The second kappa shape index (κ2) is 38.6. The molecule has 29 heteroatoms. The van der Waals surface area contributed by atoms with E-state index in [1.807, 2.05) is 77.7 Å². The summed E-state index contributed by atoms with van der Waals surface area (Å²) in [6, 6.07) is 37.1. The van der Waals surface area contributed by atoms with Crippen LogP contribution in [-0.4, -0.2) is 93.9 Å². The quantitative estimate of drug-likeness (QED) is 0.0138. The molecule has 3 atom stereocenters. The Kier molecular flexibility index (Phi) is 29.6. The molecule has 4 heterocycles. The predicted molar refractivity (Wildman–Crippen MR) is 417 cm³/mol. The third kappa shape index (κ3) is 22.4. The Hall–Kier alpha value is -8.85. The zero-order valence-corrected chi connectivity index (χ0v) is 63.4. The Morgan fingerprint density at radius 2 is 0.925 bits per heavy atom. The first-order valence-electron chi connectivity index (χ1n) is 34.3. The molecule has 20 nitrogen and oxygen atoms in total. The van der Waals surface area contributed by atoms with Gasteiger partial charge in [-0.2, -0.15) is 0 Å². The van der Waals surface area contributed by atoms with Crippen molar-refractivity contribution in [1.82, 2.24) is 46.1 Å². The lowest BCUT2D eigenvalue weighted by Gasteiger charge is -2.32. The molecule has 560 valence electrons. The summed E-state index contributed by atoms with van der Waals surface area (Å²) in [7, 11) is 0. The van der Waals surface area contributed by atoms with E-state index in [4.69, 9.17) is 107 Å². The number of hydrazine groups is 1. The fourth-order valence-electron chi connectivity index (χ4n) is 11.6. The number of carbonyl (C=O) groups excluding carboxylic acids is 3. The molecule has 1 saturated carbocycles. The van der Waals surface area contributed by atoms with Gasteiger partial charge in [-0.25, -0.2) is 32.9 Å². The van der Waals surface area contributed by atoms with Crippen molar-refractivity contribution in [3.8, 4) is 50.6 Å². The van der Waals surface area contributed by atoms with Crippen molar-refractivity contribution in [3.63, 3.8) is 0 Å². The van der Waals surface area contributed by atoms with Crippen molar-refractivity contribution in [2.45, 2.75) is 110 Å². The number of aromatic nitrogens is 3. The fraction of sp³-hybridized carbons (Fsp3) is 0.299. The Balaban J connectivity index is 0.000000185. The van der Waals surface area contributed by atoms with Crippen LogP contribution in [0.2, 0.25) is 30.1 Å². The Labute approximate surface area is 644 Å². The second-order valence-electron chi connectivity index (χ2n) is 25.2. The molecule has 4 amide bonds. The molecule has 6 aromatic carbocycles. The van der Waals surface area contributed by atoms with Crippen LogP contribution >= 0.6 is 69.6 Å². The average Bonchev–Trinajstić information content (AvgIpc) is 0.926. The lowest BCUT2D eigenvalue weighted by Crippen LogP contribution is -2.46. The van der Waals surface area contributed by atoms with Crippen molar-refractivity contribution in [2.75, 3.05) is 61.8 Å². The molecule has 0 spiro atoms. The van der Waals surface area contributed by atoms with Gasteiger partial charge in [-0.05, 0) is 166 Å². The average molecular weight is 1570 g/mol. The van der Waals surface area contributed by atoms with Crippen molar-refractivity contribution in [2.24, 2.45) is 5.84 Å². The molecule has 2 aliphatic rings. The van der Waals surface area contributed by atoms with E-state index in [2.05, 4.69) is 60.4 Å². The number of hydrogen-bond donors (Lipinski definition) is 9. The van der Waals surface area contributed by atoms with Gasteiger partial charge in [0.05, 0.1) is 21.6 Å². The number of benzene rings is 6. The minimum Gasteiger partial charge on any atom is -0.482 e. The third-order valence-electron chi connectivity index (χ3n) is 17.6. The maximum absolute atomic E-state index is 14.0. The zero-order valence-electron chi connectivity index (χ0n) is 58.8. The SMILES string of the molecule is CC(Oc1cc(-c2ccc(NC(=O)N3CCC(NC4CC4)CC3)cc2)cnc1N)c1c(Cl)ccc(F)c1Cl.CC(Oc1cc(-c2cccc(CNC(=O)CNN)c2)cnc1N)c1c(Cl)ccc(F)c1Cl.CCN(CC)CCC(=O)NCc1cccc(-c2cnc(N)c(OC(C)c3c(Cl)ccc(F)c3Cl)c2)c1. The summed E-state index contributed by atoms with van der Waals surface area (Å²) < 4.78 is 59.8. The van der Waals surface area contributed by atoms with Gasteiger partial charge in [0.25, 0.3) is 0 Å². The number of nitrogen functional groups attached to an aromatic ring is 3.